The smallest absolute Gasteiger partial charge is 0.251 e. The first-order valence-electron chi connectivity index (χ1n) is 8.88. The summed E-state index contributed by atoms with van der Waals surface area (Å²) in [5.41, 5.74) is 0.517. The molecule has 0 saturated carbocycles. The van der Waals surface area contributed by atoms with Gasteiger partial charge in [-0.3, -0.25) is 14.4 Å². The van der Waals surface area contributed by atoms with Crippen LogP contribution in [0.5, 0.6) is 0 Å². The molecule has 1 aliphatic heterocycles. The van der Waals surface area contributed by atoms with E-state index in [2.05, 4.69) is 15.8 Å². The van der Waals surface area contributed by atoms with Crippen molar-refractivity contribution in [1.82, 2.24) is 15.4 Å². The Bertz CT molecular complexity index is 810. The van der Waals surface area contributed by atoms with Gasteiger partial charge in [0.15, 0.2) is 5.82 Å². The van der Waals surface area contributed by atoms with Crippen LogP contribution in [0.1, 0.15) is 29.0 Å². The largest absolute Gasteiger partial charge is 0.360 e. The van der Waals surface area contributed by atoms with Gasteiger partial charge in [0.2, 0.25) is 11.8 Å². The molecule has 0 unspecified atom stereocenters. The van der Waals surface area contributed by atoms with Crippen LogP contribution >= 0.6 is 0 Å². The highest BCUT2D eigenvalue weighted by atomic mass is 16.5. The quantitative estimate of drug-likeness (QED) is 0.832. The van der Waals surface area contributed by atoms with Gasteiger partial charge in [-0.15, -0.1) is 0 Å². The van der Waals surface area contributed by atoms with E-state index in [1.807, 2.05) is 6.07 Å². The van der Waals surface area contributed by atoms with Gasteiger partial charge in [0.1, 0.15) is 5.76 Å². The number of aryl methyl sites for hydroxylation is 1. The minimum Gasteiger partial charge on any atom is -0.360 e. The molecule has 2 heterocycles. The molecule has 8 heteroatoms. The van der Waals surface area contributed by atoms with E-state index >= 15 is 0 Å². The fourth-order valence-corrected chi connectivity index (χ4v) is 3.00. The molecule has 1 fully saturated rings. The van der Waals surface area contributed by atoms with Crippen LogP contribution in [-0.4, -0.2) is 47.4 Å². The molecule has 142 valence electrons. The number of piperidine rings is 1. The summed E-state index contributed by atoms with van der Waals surface area (Å²) in [6.45, 7) is 2.66. The maximum absolute atomic E-state index is 12.3. The molecule has 1 aliphatic rings. The fourth-order valence-electron chi connectivity index (χ4n) is 3.00. The van der Waals surface area contributed by atoms with Crippen molar-refractivity contribution in [3.05, 3.63) is 47.7 Å². The minimum absolute atomic E-state index is 0.0528. The number of hydrogen-bond donors (Lipinski definition) is 2. The van der Waals surface area contributed by atoms with Crippen molar-refractivity contribution >= 4 is 23.5 Å². The standard InChI is InChI=1S/C19H22N4O4/c1-13-11-16(22-27-13)21-19(26)15-7-9-23(10-8-15)17(24)12-20-18(25)14-5-3-2-4-6-14/h2-6,11,15H,7-10,12H2,1H3,(H,20,25)(H,21,22,26). The number of rotatable bonds is 5. The molecule has 2 N–H and O–H groups in total. The van der Waals surface area contributed by atoms with Gasteiger partial charge in [-0.2, -0.15) is 0 Å². The Labute approximate surface area is 156 Å². The van der Waals surface area contributed by atoms with E-state index in [9.17, 15) is 14.4 Å². The molecule has 0 bridgehead atoms. The SMILES string of the molecule is Cc1cc(NC(=O)C2CCN(C(=O)CNC(=O)c3ccccc3)CC2)no1. The number of aromatic nitrogens is 1. The number of carbonyl (C=O) groups is 3. The molecule has 1 aromatic heterocycles. The summed E-state index contributed by atoms with van der Waals surface area (Å²) in [6, 6.07) is 10.4. The van der Waals surface area contributed by atoms with Crippen molar-refractivity contribution in [2.24, 2.45) is 5.92 Å². The summed E-state index contributed by atoms with van der Waals surface area (Å²) in [5.74, 6) is 0.312. The lowest BCUT2D eigenvalue weighted by Crippen LogP contribution is -2.45. The average Bonchev–Trinajstić information content (AvgIpc) is 3.11. The van der Waals surface area contributed by atoms with Gasteiger partial charge in [0.25, 0.3) is 5.91 Å². The van der Waals surface area contributed by atoms with E-state index in [1.54, 1.807) is 42.2 Å². The number of likely N-dealkylation sites (tertiary alicyclic amines) is 1. The molecule has 2 aromatic rings. The van der Waals surface area contributed by atoms with E-state index in [4.69, 9.17) is 4.52 Å². The maximum Gasteiger partial charge on any atom is 0.251 e. The Kier molecular flexibility index (Phi) is 5.85. The van der Waals surface area contributed by atoms with Crippen LogP contribution in [0.2, 0.25) is 0 Å². The molecule has 8 nitrogen and oxygen atoms in total. The zero-order chi connectivity index (χ0) is 19.2. The van der Waals surface area contributed by atoms with Gasteiger partial charge >= 0.3 is 0 Å². The summed E-state index contributed by atoms with van der Waals surface area (Å²) in [5, 5.41) is 9.12. The monoisotopic (exact) mass is 370 g/mol. The van der Waals surface area contributed by atoms with Gasteiger partial charge in [-0.25, -0.2) is 0 Å². The van der Waals surface area contributed by atoms with E-state index in [1.165, 1.54) is 0 Å². The highest BCUT2D eigenvalue weighted by Crippen LogP contribution is 2.19. The molecule has 0 radical (unpaired) electrons. The van der Waals surface area contributed by atoms with Gasteiger partial charge in [0.05, 0.1) is 6.54 Å². The van der Waals surface area contributed by atoms with Gasteiger partial charge in [0, 0.05) is 30.6 Å². The second-order valence-electron chi connectivity index (χ2n) is 6.52. The molecular weight excluding hydrogens is 348 g/mol. The fraction of sp³-hybridized carbons (Fsp3) is 0.368. The molecule has 3 amide bonds. The highest BCUT2D eigenvalue weighted by Gasteiger charge is 2.27. The van der Waals surface area contributed by atoms with Crippen LogP contribution < -0.4 is 10.6 Å². The molecule has 0 spiro atoms. The van der Waals surface area contributed by atoms with Crippen LogP contribution in [0.25, 0.3) is 0 Å². The molecular formula is C19H22N4O4. The lowest BCUT2D eigenvalue weighted by atomic mass is 9.96. The van der Waals surface area contributed by atoms with Crippen LogP contribution in [0.15, 0.2) is 40.9 Å². The van der Waals surface area contributed by atoms with Crippen molar-refractivity contribution < 1.29 is 18.9 Å². The van der Waals surface area contributed by atoms with E-state index in [-0.39, 0.29) is 30.2 Å². The number of anilines is 1. The van der Waals surface area contributed by atoms with Crippen LogP contribution in [0.4, 0.5) is 5.82 Å². The number of nitrogens with one attached hydrogen (secondary N) is 2. The van der Waals surface area contributed by atoms with Crippen LogP contribution in [0, 0.1) is 12.8 Å². The Morgan fingerprint density at radius 1 is 1.19 bits per heavy atom. The van der Waals surface area contributed by atoms with E-state index < -0.39 is 0 Å². The molecule has 0 aliphatic carbocycles. The number of amides is 3. The summed E-state index contributed by atoms with van der Waals surface area (Å²) >= 11 is 0. The lowest BCUT2D eigenvalue weighted by molar-refractivity contribution is -0.133. The Morgan fingerprint density at radius 2 is 1.89 bits per heavy atom. The van der Waals surface area contributed by atoms with Crippen molar-refractivity contribution in [3.63, 3.8) is 0 Å². The number of benzene rings is 1. The predicted octanol–water partition coefficient (Wildman–Crippen LogP) is 1.59. The van der Waals surface area contributed by atoms with Gasteiger partial charge < -0.3 is 20.1 Å². The Balaban J connectivity index is 1.42. The van der Waals surface area contributed by atoms with Crippen molar-refractivity contribution in [3.8, 4) is 0 Å². The third-order valence-electron chi connectivity index (χ3n) is 4.53. The van der Waals surface area contributed by atoms with E-state index in [0.29, 0.717) is 43.1 Å². The first-order chi connectivity index (χ1) is 13.0. The molecule has 0 atom stereocenters. The zero-order valence-corrected chi connectivity index (χ0v) is 15.1. The van der Waals surface area contributed by atoms with Crippen molar-refractivity contribution in [2.75, 3.05) is 25.0 Å². The average molecular weight is 370 g/mol. The van der Waals surface area contributed by atoms with Crippen LogP contribution in [0.3, 0.4) is 0 Å². The second-order valence-corrected chi connectivity index (χ2v) is 6.52. The number of hydrogen-bond acceptors (Lipinski definition) is 5. The summed E-state index contributed by atoms with van der Waals surface area (Å²) in [4.78, 5) is 38.2. The summed E-state index contributed by atoms with van der Waals surface area (Å²) < 4.78 is 4.93. The lowest BCUT2D eigenvalue weighted by Gasteiger charge is -2.31. The summed E-state index contributed by atoms with van der Waals surface area (Å²) in [7, 11) is 0. The molecule has 1 saturated heterocycles. The first kappa shape index (κ1) is 18.6. The maximum atomic E-state index is 12.3. The molecule has 27 heavy (non-hydrogen) atoms. The Morgan fingerprint density at radius 3 is 2.52 bits per heavy atom. The second kappa shape index (κ2) is 8.48. The zero-order valence-electron chi connectivity index (χ0n) is 15.1. The predicted molar refractivity (Wildman–Crippen MR) is 97.9 cm³/mol. The van der Waals surface area contributed by atoms with Gasteiger partial charge in [-0.05, 0) is 31.9 Å². The topological polar surface area (TPSA) is 105 Å². The van der Waals surface area contributed by atoms with E-state index in [0.717, 1.165) is 0 Å². The van der Waals surface area contributed by atoms with Gasteiger partial charge in [-0.1, -0.05) is 23.4 Å². The molecule has 3 rings (SSSR count). The normalized spacial score (nSPS) is 14.6. The summed E-state index contributed by atoms with van der Waals surface area (Å²) in [6.07, 6.45) is 1.14. The Hall–Kier alpha value is -3.16. The molecule has 1 aromatic carbocycles. The third-order valence-corrected chi connectivity index (χ3v) is 4.53. The number of carbonyl (C=O) groups excluding carboxylic acids is 3. The van der Waals surface area contributed by atoms with Crippen molar-refractivity contribution in [1.29, 1.82) is 0 Å². The number of nitrogens with zero attached hydrogens (tertiary/aromatic N) is 2. The highest BCUT2D eigenvalue weighted by molar-refractivity contribution is 5.96. The first-order valence-corrected chi connectivity index (χ1v) is 8.88. The van der Waals surface area contributed by atoms with Crippen LogP contribution in [-0.2, 0) is 9.59 Å². The third kappa shape index (κ3) is 4.93. The van der Waals surface area contributed by atoms with Crippen molar-refractivity contribution in [2.45, 2.75) is 19.8 Å². The minimum atomic E-state index is -0.277.